The Labute approximate surface area is 115 Å². The molecule has 0 bridgehead atoms. The minimum absolute atomic E-state index is 0.396. The van der Waals surface area contributed by atoms with Gasteiger partial charge in [-0.2, -0.15) is 0 Å². The summed E-state index contributed by atoms with van der Waals surface area (Å²) in [5.74, 6) is 1.37. The van der Waals surface area contributed by atoms with Crippen LogP contribution < -0.4 is 5.32 Å². The van der Waals surface area contributed by atoms with Gasteiger partial charge in [0.15, 0.2) is 0 Å². The number of furan rings is 1. The van der Waals surface area contributed by atoms with Crippen molar-refractivity contribution in [2.24, 2.45) is 5.92 Å². The van der Waals surface area contributed by atoms with E-state index in [0.717, 1.165) is 24.4 Å². The third-order valence-corrected chi connectivity index (χ3v) is 3.62. The number of allylic oxidation sites excluding steroid dienone is 4. The molecule has 0 saturated carbocycles. The first-order valence-electron chi connectivity index (χ1n) is 7.16. The van der Waals surface area contributed by atoms with Crippen LogP contribution in [-0.4, -0.2) is 6.54 Å². The van der Waals surface area contributed by atoms with E-state index in [0.29, 0.717) is 5.92 Å². The van der Waals surface area contributed by atoms with E-state index < -0.39 is 0 Å². The van der Waals surface area contributed by atoms with Gasteiger partial charge >= 0.3 is 0 Å². The van der Waals surface area contributed by atoms with Gasteiger partial charge in [-0.15, -0.1) is 0 Å². The summed E-state index contributed by atoms with van der Waals surface area (Å²) < 4.78 is 5.52. The van der Waals surface area contributed by atoms with E-state index in [1.54, 1.807) is 6.26 Å². The highest BCUT2D eigenvalue weighted by atomic mass is 16.3. The number of unbranched alkanes of at least 4 members (excludes halogenated alkanes) is 1. The summed E-state index contributed by atoms with van der Waals surface area (Å²) in [4.78, 5) is 0. The topological polar surface area (TPSA) is 25.2 Å². The number of hydrogen-bond donors (Lipinski definition) is 1. The van der Waals surface area contributed by atoms with E-state index in [4.69, 9.17) is 4.42 Å². The zero-order valence-corrected chi connectivity index (χ0v) is 11.9. The van der Waals surface area contributed by atoms with E-state index in [2.05, 4.69) is 37.9 Å². The highest BCUT2D eigenvalue weighted by Gasteiger charge is 2.25. The van der Waals surface area contributed by atoms with Crippen LogP contribution in [0.5, 0.6) is 0 Å². The van der Waals surface area contributed by atoms with Gasteiger partial charge in [0.05, 0.1) is 6.26 Å². The molecule has 102 valence electrons. The second kappa shape index (κ2) is 6.46. The monoisotopic (exact) mass is 257 g/mol. The lowest BCUT2D eigenvalue weighted by molar-refractivity contribution is 0.543. The lowest BCUT2D eigenvalue weighted by Crippen LogP contribution is -2.18. The molecule has 1 heterocycles. The zero-order chi connectivity index (χ0) is 13.7. The maximum absolute atomic E-state index is 5.52. The quantitative estimate of drug-likeness (QED) is 0.726. The van der Waals surface area contributed by atoms with Crippen molar-refractivity contribution in [1.29, 1.82) is 0 Å². The molecule has 1 N–H and O–H groups in total. The maximum atomic E-state index is 5.52. The predicted molar refractivity (Wildman–Crippen MR) is 80.6 cm³/mol. The van der Waals surface area contributed by atoms with E-state index in [9.17, 15) is 0 Å². The molecule has 0 aliphatic heterocycles. The summed E-state index contributed by atoms with van der Waals surface area (Å²) in [6.45, 7) is 9.59. The fraction of sp³-hybridized carbons (Fsp3) is 0.412. The fourth-order valence-electron chi connectivity index (χ4n) is 2.54. The van der Waals surface area contributed by atoms with Crippen LogP contribution in [0.25, 0.3) is 5.57 Å². The van der Waals surface area contributed by atoms with Crippen molar-refractivity contribution in [3.63, 3.8) is 0 Å². The molecule has 0 fully saturated rings. The summed E-state index contributed by atoms with van der Waals surface area (Å²) in [5, 5.41) is 3.43. The normalized spacial score (nSPS) is 18.1. The van der Waals surface area contributed by atoms with Crippen LogP contribution in [0.4, 0.5) is 0 Å². The molecule has 0 aromatic carbocycles. The van der Waals surface area contributed by atoms with Crippen LogP contribution in [0.15, 0.2) is 52.8 Å². The van der Waals surface area contributed by atoms with Gasteiger partial charge in [-0.1, -0.05) is 39.0 Å². The largest absolute Gasteiger partial charge is 0.465 e. The molecule has 2 rings (SSSR count). The minimum atomic E-state index is 0.396. The Balaban J connectivity index is 2.03. The van der Waals surface area contributed by atoms with Gasteiger partial charge in [0.1, 0.15) is 5.76 Å². The van der Waals surface area contributed by atoms with Gasteiger partial charge in [-0.3, -0.25) is 0 Å². The Hall–Kier alpha value is -1.70. The van der Waals surface area contributed by atoms with Crippen LogP contribution in [0.1, 0.15) is 38.9 Å². The smallest absolute Gasteiger partial charge is 0.130 e. The van der Waals surface area contributed by atoms with Gasteiger partial charge < -0.3 is 9.73 Å². The summed E-state index contributed by atoms with van der Waals surface area (Å²) >= 11 is 0. The van der Waals surface area contributed by atoms with Crippen LogP contribution >= 0.6 is 0 Å². The number of hydrogen-bond acceptors (Lipinski definition) is 2. The van der Waals surface area contributed by atoms with E-state index in [1.807, 2.05) is 12.1 Å². The van der Waals surface area contributed by atoms with Crippen molar-refractivity contribution < 1.29 is 4.42 Å². The molecule has 1 aromatic heterocycles. The average molecular weight is 257 g/mol. The summed E-state index contributed by atoms with van der Waals surface area (Å²) in [6, 6.07) is 3.97. The first kappa shape index (κ1) is 13.7. The van der Waals surface area contributed by atoms with E-state index in [1.165, 1.54) is 24.0 Å². The number of nitrogens with one attached hydrogen (secondary N) is 1. The van der Waals surface area contributed by atoms with Gasteiger partial charge in [-0.05, 0) is 30.5 Å². The number of rotatable bonds is 7. The van der Waals surface area contributed by atoms with Crippen LogP contribution in [0.3, 0.4) is 0 Å². The summed E-state index contributed by atoms with van der Waals surface area (Å²) in [5.41, 5.74) is 3.61. The molecule has 1 atom stereocenters. The van der Waals surface area contributed by atoms with Crippen molar-refractivity contribution in [3.05, 3.63) is 54.2 Å². The van der Waals surface area contributed by atoms with Crippen LogP contribution in [0.2, 0.25) is 0 Å². The first-order valence-corrected chi connectivity index (χ1v) is 7.16. The highest BCUT2D eigenvalue weighted by molar-refractivity contribution is 5.73. The Kier molecular flexibility index (Phi) is 4.67. The fourth-order valence-corrected chi connectivity index (χ4v) is 2.54. The van der Waals surface area contributed by atoms with Crippen LogP contribution in [0, 0.1) is 5.92 Å². The third-order valence-electron chi connectivity index (χ3n) is 3.62. The Bertz CT molecular complexity index is 479. The van der Waals surface area contributed by atoms with Gasteiger partial charge in [0, 0.05) is 23.7 Å². The average Bonchev–Trinajstić information content (AvgIpc) is 3.07. The first-order chi connectivity index (χ1) is 9.27. The molecule has 0 spiro atoms. The van der Waals surface area contributed by atoms with Crippen LogP contribution in [-0.2, 0) is 0 Å². The Morgan fingerprint density at radius 3 is 2.84 bits per heavy atom. The molecular weight excluding hydrogens is 234 g/mol. The molecule has 1 aliphatic carbocycles. The lowest BCUT2D eigenvalue weighted by atomic mass is 9.90. The maximum Gasteiger partial charge on any atom is 0.130 e. The molecule has 2 nitrogen and oxygen atoms in total. The molecule has 1 aromatic rings. The van der Waals surface area contributed by atoms with Crippen molar-refractivity contribution in [1.82, 2.24) is 5.32 Å². The second-order valence-corrected chi connectivity index (χ2v) is 4.94. The second-order valence-electron chi connectivity index (χ2n) is 4.94. The molecule has 2 heteroatoms. The van der Waals surface area contributed by atoms with Crippen molar-refractivity contribution in [2.45, 2.75) is 33.1 Å². The SMILES string of the molecule is C=C(NCCCC)C1=CC=C(c2ccco2)[C@@H]1CC. The van der Waals surface area contributed by atoms with Crippen molar-refractivity contribution in [3.8, 4) is 0 Å². The van der Waals surface area contributed by atoms with Gasteiger partial charge in [-0.25, -0.2) is 0 Å². The molecule has 0 saturated heterocycles. The predicted octanol–water partition coefficient (Wildman–Crippen LogP) is 4.53. The standard InChI is InChI=1S/C17H23NO/c1-4-6-11-18-13(3)15-9-10-16(14(15)5-2)17-8-7-12-19-17/h7-10,12,14,18H,3-6,11H2,1-2H3/t14-/m1/s1. The molecule has 0 unspecified atom stereocenters. The molecule has 0 amide bonds. The summed E-state index contributed by atoms with van der Waals surface area (Å²) in [7, 11) is 0. The summed E-state index contributed by atoms with van der Waals surface area (Å²) in [6.07, 6.45) is 9.51. The molecule has 1 aliphatic rings. The van der Waals surface area contributed by atoms with Crippen molar-refractivity contribution in [2.75, 3.05) is 6.54 Å². The Morgan fingerprint density at radius 2 is 2.21 bits per heavy atom. The molecule has 0 radical (unpaired) electrons. The lowest BCUT2D eigenvalue weighted by Gasteiger charge is -2.19. The highest BCUT2D eigenvalue weighted by Crippen LogP contribution is 2.38. The molecule has 19 heavy (non-hydrogen) atoms. The van der Waals surface area contributed by atoms with E-state index in [-0.39, 0.29) is 0 Å². The zero-order valence-electron chi connectivity index (χ0n) is 11.9. The van der Waals surface area contributed by atoms with Gasteiger partial charge in [0.25, 0.3) is 0 Å². The van der Waals surface area contributed by atoms with Gasteiger partial charge in [0.2, 0.25) is 0 Å². The van der Waals surface area contributed by atoms with E-state index >= 15 is 0 Å². The molecular formula is C17H23NO. The third kappa shape index (κ3) is 3.01. The minimum Gasteiger partial charge on any atom is -0.465 e. The Morgan fingerprint density at radius 1 is 1.37 bits per heavy atom. The van der Waals surface area contributed by atoms with Crippen molar-refractivity contribution >= 4 is 5.57 Å².